The molecule has 19 heavy (non-hydrogen) atoms. The average molecular weight is 261 g/mol. The Bertz CT molecular complexity index is 485. The van der Waals surface area contributed by atoms with Crippen molar-refractivity contribution in [3.05, 3.63) is 29.8 Å². The molecule has 1 unspecified atom stereocenters. The third-order valence-corrected chi connectivity index (χ3v) is 2.77. The van der Waals surface area contributed by atoms with Gasteiger partial charge in [-0.25, -0.2) is 0 Å². The molecule has 0 radical (unpaired) electrons. The Hall–Kier alpha value is -2.04. The first-order valence-electron chi connectivity index (χ1n) is 6.59. The highest BCUT2D eigenvalue weighted by Crippen LogP contribution is 2.21. The minimum Gasteiger partial charge on any atom is -0.494 e. The van der Waals surface area contributed by atoms with Crippen LogP contribution < -0.4 is 15.4 Å². The molecule has 1 heterocycles. The zero-order valence-corrected chi connectivity index (χ0v) is 11.3. The summed E-state index contributed by atoms with van der Waals surface area (Å²) in [6, 6.07) is 7.19. The first-order valence-corrected chi connectivity index (χ1v) is 6.59. The Kier molecular flexibility index (Phi) is 4.39. The van der Waals surface area contributed by atoms with Crippen LogP contribution in [-0.4, -0.2) is 25.0 Å². The molecule has 0 saturated carbocycles. The highest BCUT2D eigenvalue weighted by molar-refractivity contribution is 6.06. The number of benzene rings is 1. The largest absolute Gasteiger partial charge is 0.494 e. The molecule has 2 rings (SSSR count). The first kappa shape index (κ1) is 13.4. The van der Waals surface area contributed by atoms with Gasteiger partial charge in [0.25, 0.3) is 5.91 Å². The topological polar surface area (TPSA) is 62.7 Å². The standard InChI is InChI=1S/C14H19N3O2/c1-3-8-19-11-7-5-6-10(9-11)12-13(18)17-14(16-12)15-4-2/h5-7,9,12H,3-4,8H2,1-2H3,(H2,15,16,17,18). The summed E-state index contributed by atoms with van der Waals surface area (Å²) in [6.07, 6.45) is 0.958. The van der Waals surface area contributed by atoms with Crippen LogP contribution in [0.2, 0.25) is 0 Å². The number of ether oxygens (including phenoxy) is 1. The van der Waals surface area contributed by atoms with Gasteiger partial charge < -0.3 is 10.1 Å². The van der Waals surface area contributed by atoms with Crippen molar-refractivity contribution in [2.75, 3.05) is 13.2 Å². The second-order valence-corrected chi connectivity index (χ2v) is 4.31. The predicted octanol–water partition coefficient (Wildman–Crippen LogP) is 1.61. The number of rotatable bonds is 5. The molecule has 1 aliphatic rings. The van der Waals surface area contributed by atoms with Crippen LogP contribution in [0, 0.1) is 0 Å². The number of nitrogens with one attached hydrogen (secondary N) is 2. The van der Waals surface area contributed by atoms with E-state index in [2.05, 4.69) is 22.5 Å². The van der Waals surface area contributed by atoms with Gasteiger partial charge in [-0.2, -0.15) is 0 Å². The van der Waals surface area contributed by atoms with Gasteiger partial charge in [-0.15, -0.1) is 0 Å². The van der Waals surface area contributed by atoms with Gasteiger partial charge in [-0.1, -0.05) is 19.1 Å². The molecule has 0 spiro atoms. The molecule has 0 aromatic heterocycles. The van der Waals surface area contributed by atoms with E-state index in [4.69, 9.17) is 4.74 Å². The summed E-state index contributed by atoms with van der Waals surface area (Å²) in [6.45, 7) is 5.29. The van der Waals surface area contributed by atoms with Crippen LogP contribution in [0.1, 0.15) is 31.9 Å². The normalized spacial score (nSPS) is 20.2. The molecule has 1 aromatic rings. The predicted molar refractivity (Wildman–Crippen MR) is 74.2 cm³/mol. The van der Waals surface area contributed by atoms with E-state index in [1.54, 1.807) is 0 Å². The summed E-state index contributed by atoms with van der Waals surface area (Å²) >= 11 is 0. The van der Waals surface area contributed by atoms with E-state index in [0.717, 1.165) is 17.7 Å². The van der Waals surface area contributed by atoms with E-state index in [-0.39, 0.29) is 5.91 Å². The molecule has 1 aliphatic heterocycles. The summed E-state index contributed by atoms with van der Waals surface area (Å²) in [7, 11) is 0. The third-order valence-electron chi connectivity index (χ3n) is 2.77. The molecule has 1 amide bonds. The van der Waals surface area contributed by atoms with Crippen LogP contribution in [0.3, 0.4) is 0 Å². The number of guanidine groups is 1. The van der Waals surface area contributed by atoms with Crippen LogP contribution in [0.15, 0.2) is 29.3 Å². The van der Waals surface area contributed by atoms with Crippen molar-refractivity contribution in [3.8, 4) is 5.75 Å². The maximum absolute atomic E-state index is 11.9. The zero-order valence-electron chi connectivity index (χ0n) is 11.3. The highest BCUT2D eigenvalue weighted by atomic mass is 16.5. The molecule has 1 aromatic carbocycles. The quantitative estimate of drug-likeness (QED) is 0.846. The molecule has 102 valence electrons. The number of aliphatic imine (C=N–C) groups is 1. The fourth-order valence-electron chi connectivity index (χ4n) is 1.91. The van der Waals surface area contributed by atoms with Crippen molar-refractivity contribution in [3.63, 3.8) is 0 Å². The summed E-state index contributed by atoms with van der Waals surface area (Å²) in [5, 5.41) is 5.80. The Morgan fingerprint density at radius 3 is 2.95 bits per heavy atom. The summed E-state index contributed by atoms with van der Waals surface area (Å²) in [4.78, 5) is 16.1. The maximum atomic E-state index is 11.9. The smallest absolute Gasteiger partial charge is 0.253 e. The van der Waals surface area contributed by atoms with Gasteiger partial charge >= 0.3 is 0 Å². The Morgan fingerprint density at radius 1 is 1.37 bits per heavy atom. The summed E-state index contributed by atoms with van der Waals surface area (Å²) in [5.74, 6) is 1.24. The summed E-state index contributed by atoms with van der Waals surface area (Å²) < 4.78 is 5.58. The maximum Gasteiger partial charge on any atom is 0.253 e. The molecule has 1 saturated heterocycles. The lowest BCUT2D eigenvalue weighted by Crippen LogP contribution is -2.25. The monoisotopic (exact) mass is 261 g/mol. The lowest BCUT2D eigenvalue weighted by Gasteiger charge is -2.10. The van der Waals surface area contributed by atoms with E-state index >= 15 is 0 Å². The van der Waals surface area contributed by atoms with Gasteiger partial charge in [0, 0.05) is 6.54 Å². The zero-order chi connectivity index (χ0) is 13.7. The van der Waals surface area contributed by atoms with E-state index in [0.29, 0.717) is 19.1 Å². The van der Waals surface area contributed by atoms with Crippen LogP contribution in [0.25, 0.3) is 0 Å². The second-order valence-electron chi connectivity index (χ2n) is 4.31. The Balaban J connectivity index is 2.13. The van der Waals surface area contributed by atoms with Crippen LogP contribution >= 0.6 is 0 Å². The Labute approximate surface area is 113 Å². The van der Waals surface area contributed by atoms with Crippen LogP contribution in [-0.2, 0) is 4.79 Å². The van der Waals surface area contributed by atoms with Crippen LogP contribution in [0.5, 0.6) is 5.75 Å². The van der Waals surface area contributed by atoms with Crippen molar-refractivity contribution >= 4 is 11.9 Å². The van der Waals surface area contributed by atoms with Gasteiger partial charge in [0.1, 0.15) is 11.8 Å². The van der Waals surface area contributed by atoms with Crippen molar-refractivity contribution in [2.45, 2.75) is 26.3 Å². The molecule has 0 bridgehead atoms. The highest BCUT2D eigenvalue weighted by Gasteiger charge is 2.29. The van der Waals surface area contributed by atoms with Gasteiger partial charge in [0.05, 0.1) is 6.61 Å². The molecule has 5 heteroatoms. The fourth-order valence-corrected chi connectivity index (χ4v) is 1.91. The Morgan fingerprint density at radius 2 is 2.21 bits per heavy atom. The van der Waals surface area contributed by atoms with E-state index < -0.39 is 6.04 Å². The number of nitrogens with zero attached hydrogens (tertiary/aromatic N) is 1. The molecular formula is C14H19N3O2. The van der Waals surface area contributed by atoms with Gasteiger partial charge in [-0.05, 0) is 31.0 Å². The average Bonchev–Trinajstić information content (AvgIpc) is 2.78. The van der Waals surface area contributed by atoms with Crippen molar-refractivity contribution in [1.82, 2.24) is 10.6 Å². The van der Waals surface area contributed by atoms with Crippen molar-refractivity contribution in [2.24, 2.45) is 4.99 Å². The first-order chi connectivity index (χ1) is 9.24. The lowest BCUT2D eigenvalue weighted by atomic mass is 10.1. The van der Waals surface area contributed by atoms with Gasteiger partial charge in [-0.3, -0.25) is 15.1 Å². The second kappa shape index (κ2) is 6.22. The van der Waals surface area contributed by atoms with Gasteiger partial charge in [0.15, 0.2) is 5.96 Å². The van der Waals surface area contributed by atoms with Crippen molar-refractivity contribution in [1.29, 1.82) is 0 Å². The molecule has 1 atom stereocenters. The molecule has 2 N–H and O–H groups in total. The van der Waals surface area contributed by atoms with E-state index in [1.807, 2.05) is 31.2 Å². The van der Waals surface area contributed by atoms with Gasteiger partial charge in [0.2, 0.25) is 0 Å². The number of amides is 1. The molecule has 0 aliphatic carbocycles. The lowest BCUT2D eigenvalue weighted by molar-refractivity contribution is -0.120. The molecule has 5 nitrogen and oxygen atoms in total. The molecular weight excluding hydrogens is 242 g/mol. The number of carbonyl (C=O) groups is 1. The third kappa shape index (κ3) is 3.24. The minimum atomic E-state index is -0.393. The molecule has 1 fully saturated rings. The number of carbonyl (C=O) groups excluding carboxylic acids is 1. The van der Waals surface area contributed by atoms with E-state index in [1.165, 1.54) is 0 Å². The van der Waals surface area contributed by atoms with E-state index in [9.17, 15) is 4.79 Å². The minimum absolute atomic E-state index is 0.0835. The van der Waals surface area contributed by atoms with Crippen molar-refractivity contribution < 1.29 is 9.53 Å². The SMILES string of the molecule is CCCOc1cccc(C2NC(=NCC)NC2=O)c1. The summed E-state index contributed by atoms with van der Waals surface area (Å²) in [5.41, 5.74) is 0.882. The number of hydrogen-bond acceptors (Lipinski definition) is 3. The number of hydrogen-bond donors (Lipinski definition) is 2. The fraction of sp³-hybridized carbons (Fsp3) is 0.429. The van der Waals surface area contributed by atoms with Crippen LogP contribution in [0.4, 0.5) is 0 Å².